The normalized spacial score (nSPS) is 17.6. The van der Waals surface area contributed by atoms with Gasteiger partial charge >= 0.3 is 0 Å². The van der Waals surface area contributed by atoms with E-state index in [1.807, 2.05) is 6.07 Å². The van der Waals surface area contributed by atoms with Crippen molar-refractivity contribution in [3.63, 3.8) is 0 Å². The van der Waals surface area contributed by atoms with Crippen LogP contribution >= 0.6 is 0 Å². The molecule has 1 aliphatic carbocycles. The van der Waals surface area contributed by atoms with Crippen LogP contribution < -0.4 is 0 Å². The van der Waals surface area contributed by atoms with E-state index in [4.69, 9.17) is 5.41 Å². The number of carbonyl (C=O) groups is 1. The summed E-state index contributed by atoms with van der Waals surface area (Å²) in [4.78, 5) is 23.9. The molecule has 0 radical (unpaired) electrons. The Labute approximate surface area is 143 Å². The van der Waals surface area contributed by atoms with Crippen molar-refractivity contribution in [2.45, 2.75) is 37.3 Å². The molecule has 8 nitrogen and oxygen atoms in total. The number of fused-ring (bicyclic) bond motifs is 1. The van der Waals surface area contributed by atoms with Gasteiger partial charge in [-0.3, -0.25) is 9.48 Å². The molecule has 128 valence electrons. The number of Topliss-reactive ketones (excluding diaryl/α,β-unsaturated/α-hetero) is 1. The molecule has 0 aliphatic heterocycles. The zero-order valence-electron chi connectivity index (χ0n) is 13.5. The number of carbonyl (C=O) groups excluding carboxylic acids is 1. The molecule has 3 N–H and O–H groups in total. The Morgan fingerprint density at radius 3 is 2.96 bits per heavy atom. The molecule has 1 fully saturated rings. The average Bonchev–Trinajstić information content (AvgIpc) is 3.35. The highest BCUT2D eigenvalue weighted by atomic mass is 16.3. The maximum absolute atomic E-state index is 12.3. The second-order valence-electron chi connectivity index (χ2n) is 6.43. The molecule has 1 saturated carbocycles. The van der Waals surface area contributed by atoms with Gasteiger partial charge in [-0.1, -0.05) is 12.8 Å². The third-order valence-electron chi connectivity index (χ3n) is 4.88. The van der Waals surface area contributed by atoms with Crippen LogP contribution in [0.2, 0.25) is 0 Å². The first-order chi connectivity index (χ1) is 12.1. The van der Waals surface area contributed by atoms with Crippen LogP contribution in [0.15, 0.2) is 31.0 Å². The van der Waals surface area contributed by atoms with Crippen LogP contribution in [0.5, 0.6) is 0 Å². The van der Waals surface area contributed by atoms with Gasteiger partial charge in [0.15, 0.2) is 0 Å². The Balaban J connectivity index is 1.77. The van der Waals surface area contributed by atoms with Crippen LogP contribution in [0.3, 0.4) is 0 Å². The van der Waals surface area contributed by atoms with Gasteiger partial charge in [-0.2, -0.15) is 5.10 Å². The summed E-state index contributed by atoms with van der Waals surface area (Å²) in [6.45, 7) is 0. The fourth-order valence-corrected chi connectivity index (χ4v) is 3.68. The smallest absolute Gasteiger partial charge is 0.200 e. The summed E-state index contributed by atoms with van der Waals surface area (Å²) in [5.41, 5.74) is 1.00. The van der Waals surface area contributed by atoms with Crippen LogP contribution in [-0.2, 0) is 4.79 Å². The molecule has 1 atom stereocenters. The predicted molar refractivity (Wildman–Crippen MR) is 91.4 cm³/mol. The summed E-state index contributed by atoms with van der Waals surface area (Å²) in [6, 6.07) is 0.997. The molecule has 4 rings (SSSR count). The zero-order chi connectivity index (χ0) is 17.4. The first kappa shape index (κ1) is 15.6. The van der Waals surface area contributed by atoms with Crippen molar-refractivity contribution in [1.82, 2.24) is 24.7 Å². The third-order valence-corrected chi connectivity index (χ3v) is 4.88. The molecule has 3 aromatic heterocycles. The topological polar surface area (TPSA) is 121 Å². The fourth-order valence-electron chi connectivity index (χ4n) is 3.68. The van der Waals surface area contributed by atoms with Gasteiger partial charge in [-0.15, -0.1) is 0 Å². The molecule has 0 saturated heterocycles. The summed E-state index contributed by atoms with van der Waals surface area (Å²) in [6.07, 6.45) is 10.1. The van der Waals surface area contributed by atoms with Gasteiger partial charge < -0.3 is 15.5 Å². The number of ketones is 1. The highest BCUT2D eigenvalue weighted by Crippen LogP contribution is 2.39. The fraction of sp³-hybridized carbons (Fsp3) is 0.353. The number of rotatable bonds is 5. The van der Waals surface area contributed by atoms with Crippen LogP contribution in [0.4, 0.5) is 0 Å². The minimum Gasteiger partial charge on any atom is -0.387 e. The van der Waals surface area contributed by atoms with Crippen LogP contribution in [0.1, 0.15) is 31.7 Å². The molecule has 0 amide bonds. The Kier molecular flexibility index (Phi) is 3.69. The summed E-state index contributed by atoms with van der Waals surface area (Å²) >= 11 is 0. The number of hydrogen-bond acceptors (Lipinski definition) is 6. The van der Waals surface area contributed by atoms with Crippen molar-refractivity contribution < 1.29 is 9.90 Å². The Bertz CT molecular complexity index is 937. The molecule has 8 heteroatoms. The number of aliphatic hydroxyl groups is 1. The highest BCUT2D eigenvalue weighted by Gasteiger charge is 2.44. The third kappa shape index (κ3) is 2.54. The number of H-pyrrole nitrogens is 1. The SMILES string of the molecule is N=CC(=O)C(n1cc(-c2ncnc3[nH]ccc23)cn1)C1(O)CCCC1. The van der Waals surface area contributed by atoms with Gasteiger partial charge in [0, 0.05) is 23.3 Å². The standard InChI is InChI=1S/C17H18N6O2/c18-7-13(24)15(17(25)4-1-2-5-17)23-9-11(8-22-23)14-12-3-6-19-16(12)21-10-20-14/h3,6-10,15,18,25H,1-2,4-5H2,(H,19,20,21). The van der Waals surface area contributed by atoms with Gasteiger partial charge in [-0.25, -0.2) is 9.97 Å². The van der Waals surface area contributed by atoms with E-state index in [-0.39, 0.29) is 0 Å². The predicted octanol–water partition coefficient (Wildman–Crippen LogP) is 1.89. The van der Waals surface area contributed by atoms with Crippen LogP contribution in [0.25, 0.3) is 22.3 Å². The second kappa shape index (κ2) is 5.89. The second-order valence-corrected chi connectivity index (χ2v) is 6.43. The largest absolute Gasteiger partial charge is 0.387 e. The van der Waals surface area contributed by atoms with Crippen molar-refractivity contribution in [2.24, 2.45) is 0 Å². The molecule has 3 heterocycles. The summed E-state index contributed by atoms with van der Waals surface area (Å²) < 4.78 is 1.47. The highest BCUT2D eigenvalue weighted by molar-refractivity contribution is 6.28. The van der Waals surface area contributed by atoms with Gasteiger partial charge in [0.05, 0.1) is 23.7 Å². The lowest BCUT2D eigenvalue weighted by Gasteiger charge is -2.30. The summed E-state index contributed by atoms with van der Waals surface area (Å²) in [7, 11) is 0. The molecule has 1 aliphatic rings. The number of nitrogens with one attached hydrogen (secondary N) is 2. The van der Waals surface area contributed by atoms with E-state index in [1.165, 1.54) is 11.0 Å². The van der Waals surface area contributed by atoms with E-state index in [2.05, 4.69) is 20.1 Å². The molecular formula is C17H18N6O2. The van der Waals surface area contributed by atoms with Crippen molar-refractivity contribution in [3.8, 4) is 11.3 Å². The van der Waals surface area contributed by atoms with Crippen LogP contribution in [-0.4, -0.2) is 47.4 Å². The summed E-state index contributed by atoms with van der Waals surface area (Å²) in [5, 5.41) is 23.4. The number of aromatic amines is 1. The van der Waals surface area contributed by atoms with E-state index >= 15 is 0 Å². The van der Waals surface area contributed by atoms with Crippen molar-refractivity contribution in [3.05, 3.63) is 31.0 Å². The zero-order valence-corrected chi connectivity index (χ0v) is 13.5. The minimum atomic E-state index is -1.16. The lowest BCUT2D eigenvalue weighted by Crippen LogP contribution is -2.42. The number of aromatic nitrogens is 5. The van der Waals surface area contributed by atoms with Crippen LogP contribution in [0, 0.1) is 5.41 Å². The molecular weight excluding hydrogens is 320 g/mol. The van der Waals surface area contributed by atoms with E-state index in [9.17, 15) is 9.90 Å². The van der Waals surface area contributed by atoms with E-state index in [1.54, 1.807) is 18.6 Å². The molecule has 0 spiro atoms. The van der Waals surface area contributed by atoms with Crippen molar-refractivity contribution in [2.75, 3.05) is 0 Å². The Morgan fingerprint density at radius 2 is 2.20 bits per heavy atom. The molecule has 0 bridgehead atoms. The molecule has 1 unspecified atom stereocenters. The lowest BCUT2D eigenvalue weighted by molar-refractivity contribution is -0.124. The summed E-state index contributed by atoms with van der Waals surface area (Å²) in [5.74, 6) is -0.450. The van der Waals surface area contributed by atoms with Gasteiger partial charge in [0.2, 0.25) is 5.78 Å². The van der Waals surface area contributed by atoms with Gasteiger partial charge in [0.25, 0.3) is 0 Å². The van der Waals surface area contributed by atoms with Crippen molar-refractivity contribution >= 4 is 23.0 Å². The molecule has 3 aromatic rings. The van der Waals surface area contributed by atoms with Crippen molar-refractivity contribution in [1.29, 1.82) is 5.41 Å². The average molecular weight is 338 g/mol. The number of hydrogen-bond donors (Lipinski definition) is 3. The van der Waals surface area contributed by atoms with E-state index in [0.29, 0.717) is 18.5 Å². The Hall–Kier alpha value is -2.87. The first-order valence-electron chi connectivity index (χ1n) is 8.22. The minimum absolute atomic E-state index is 0.450. The first-order valence-corrected chi connectivity index (χ1v) is 8.22. The maximum atomic E-state index is 12.3. The van der Waals surface area contributed by atoms with E-state index in [0.717, 1.165) is 35.7 Å². The quantitative estimate of drug-likeness (QED) is 0.613. The number of nitrogens with zero attached hydrogens (tertiary/aromatic N) is 4. The van der Waals surface area contributed by atoms with Gasteiger partial charge in [-0.05, 0) is 18.9 Å². The molecule has 25 heavy (non-hydrogen) atoms. The maximum Gasteiger partial charge on any atom is 0.200 e. The lowest BCUT2D eigenvalue weighted by atomic mass is 9.89. The molecule has 0 aromatic carbocycles. The Morgan fingerprint density at radius 1 is 1.40 bits per heavy atom. The monoisotopic (exact) mass is 338 g/mol. The van der Waals surface area contributed by atoms with E-state index < -0.39 is 17.4 Å². The van der Waals surface area contributed by atoms with Gasteiger partial charge in [0.1, 0.15) is 18.0 Å².